The van der Waals surface area contributed by atoms with E-state index in [0.717, 1.165) is 19.3 Å². The maximum Gasteiger partial charge on any atom is 0.339 e. The molecule has 1 aromatic carbocycles. The third-order valence-corrected chi connectivity index (χ3v) is 5.20. The van der Waals surface area contributed by atoms with E-state index in [1.54, 1.807) is 0 Å². The number of rotatable bonds is 7. The van der Waals surface area contributed by atoms with Crippen molar-refractivity contribution in [1.29, 1.82) is 0 Å². The molecule has 0 saturated heterocycles. The molecule has 0 heterocycles. The van der Waals surface area contributed by atoms with E-state index in [-0.39, 0.29) is 23.1 Å². The van der Waals surface area contributed by atoms with Gasteiger partial charge in [0.2, 0.25) is 0 Å². The van der Waals surface area contributed by atoms with Crippen LogP contribution in [0.2, 0.25) is 0 Å². The lowest BCUT2D eigenvalue weighted by atomic mass is 10.0. The molecular formula is C16H20Br2O4. The molecule has 0 aliphatic rings. The minimum Gasteiger partial charge on any atom is -0.478 e. The summed E-state index contributed by atoms with van der Waals surface area (Å²) in [5.74, 6) is -1.57. The molecule has 122 valence electrons. The Kier molecular flexibility index (Phi) is 7.56. The first-order valence-corrected chi connectivity index (χ1v) is 8.79. The molecule has 1 unspecified atom stereocenters. The zero-order valence-corrected chi connectivity index (χ0v) is 16.0. The smallest absolute Gasteiger partial charge is 0.339 e. The number of ether oxygens (including phenoxy) is 1. The molecule has 1 aromatic rings. The highest BCUT2D eigenvalue weighted by molar-refractivity contribution is 9.13. The van der Waals surface area contributed by atoms with Gasteiger partial charge in [-0.25, -0.2) is 9.59 Å². The number of halogens is 2. The summed E-state index contributed by atoms with van der Waals surface area (Å²) in [5.41, 5.74) is -0.0113. The number of carbonyl (C=O) groups excluding carboxylic acids is 1. The van der Waals surface area contributed by atoms with Crippen molar-refractivity contribution in [3.63, 3.8) is 0 Å². The summed E-state index contributed by atoms with van der Waals surface area (Å²) in [6.45, 7) is 6.06. The monoisotopic (exact) mass is 434 g/mol. The van der Waals surface area contributed by atoms with Gasteiger partial charge >= 0.3 is 11.9 Å². The van der Waals surface area contributed by atoms with Gasteiger partial charge in [-0.15, -0.1) is 0 Å². The van der Waals surface area contributed by atoms with Crippen LogP contribution in [0, 0.1) is 5.92 Å². The standard InChI is InChI=1S/C16H20Br2O4/c1-4-5-6-14(9(2)3)22-16(21)11-8-13(18)12(17)7-10(11)15(19)20/h7-9,14H,4-6H2,1-3H3,(H,19,20). The van der Waals surface area contributed by atoms with Gasteiger partial charge in [0, 0.05) is 8.95 Å². The number of carbonyl (C=O) groups is 2. The number of esters is 1. The lowest BCUT2D eigenvalue weighted by Gasteiger charge is -2.21. The van der Waals surface area contributed by atoms with Gasteiger partial charge in [0.15, 0.2) is 0 Å². The van der Waals surface area contributed by atoms with Crippen molar-refractivity contribution in [3.8, 4) is 0 Å². The molecule has 0 spiro atoms. The van der Waals surface area contributed by atoms with Crippen LogP contribution < -0.4 is 0 Å². The first-order chi connectivity index (χ1) is 10.3. The number of unbranched alkanes of at least 4 members (excludes halogenated alkanes) is 1. The van der Waals surface area contributed by atoms with E-state index in [1.807, 2.05) is 13.8 Å². The molecule has 0 aromatic heterocycles. The Bertz CT molecular complexity index is 555. The van der Waals surface area contributed by atoms with Crippen molar-refractivity contribution in [1.82, 2.24) is 0 Å². The highest BCUT2D eigenvalue weighted by Gasteiger charge is 2.24. The average Bonchev–Trinajstić information content (AvgIpc) is 2.44. The Morgan fingerprint density at radius 1 is 1.18 bits per heavy atom. The molecule has 0 saturated carbocycles. The predicted molar refractivity (Wildman–Crippen MR) is 92.4 cm³/mol. The fourth-order valence-electron chi connectivity index (χ4n) is 2.03. The molecule has 0 radical (unpaired) electrons. The zero-order valence-electron chi connectivity index (χ0n) is 12.9. The van der Waals surface area contributed by atoms with Crippen molar-refractivity contribution in [2.75, 3.05) is 0 Å². The van der Waals surface area contributed by atoms with Crippen LogP contribution in [0.15, 0.2) is 21.1 Å². The van der Waals surface area contributed by atoms with Gasteiger partial charge in [0.1, 0.15) is 6.10 Å². The molecule has 4 nitrogen and oxygen atoms in total. The summed E-state index contributed by atoms with van der Waals surface area (Å²) in [6, 6.07) is 2.88. The molecule has 6 heteroatoms. The van der Waals surface area contributed by atoms with E-state index >= 15 is 0 Å². The largest absolute Gasteiger partial charge is 0.478 e. The molecule has 22 heavy (non-hydrogen) atoms. The van der Waals surface area contributed by atoms with Crippen molar-refractivity contribution in [2.24, 2.45) is 5.92 Å². The number of hydrogen-bond donors (Lipinski definition) is 1. The van der Waals surface area contributed by atoms with Gasteiger partial charge in [-0.2, -0.15) is 0 Å². The van der Waals surface area contributed by atoms with Crippen LogP contribution in [0.1, 0.15) is 60.7 Å². The molecule has 1 atom stereocenters. The maximum atomic E-state index is 12.4. The maximum absolute atomic E-state index is 12.4. The Hall–Kier alpha value is -0.880. The highest BCUT2D eigenvalue weighted by Crippen LogP contribution is 2.28. The Morgan fingerprint density at radius 3 is 2.18 bits per heavy atom. The lowest BCUT2D eigenvalue weighted by molar-refractivity contribution is 0.0149. The van der Waals surface area contributed by atoms with E-state index in [1.165, 1.54) is 12.1 Å². The van der Waals surface area contributed by atoms with Gasteiger partial charge in [-0.1, -0.05) is 33.6 Å². The average molecular weight is 436 g/mol. The number of hydrogen-bond acceptors (Lipinski definition) is 3. The first-order valence-electron chi connectivity index (χ1n) is 7.21. The molecule has 0 aliphatic carbocycles. The summed E-state index contributed by atoms with van der Waals surface area (Å²) in [5, 5.41) is 9.27. The molecule has 0 aliphatic heterocycles. The Morgan fingerprint density at radius 2 is 1.73 bits per heavy atom. The van der Waals surface area contributed by atoms with Crippen LogP contribution in [0.25, 0.3) is 0 Å². The third kappa shape index (κ3) is 5.09. The van der Waals surface area contributed by atoms with Crippen molar-refractivity contribution in [2.45, 2.75) is 46.1 Å². The Balaban J connectivity index is 3.06. The van der Waals surface area contributed by atoms with Gasteiger partial charge in [-0.05, 0) is 56.3 Å². The lowest BCUT2D eigenvalue weighted by Crippen LogP contribution is -2.25. The van der Waals surface area contributed by atoms with Gasteiger partial charge in [-0.3, -0.25) is 0 Å². The molecule has 1 N–H and O–H groups in total. The van der Waals surface area contributed by atoms with Crippen molar-refractivity contribution in [3.05, 3.63) is 32.2 Å². The summed E-state index contributed by atoms with van der Waals surface area (Å²) in [4.78, 5) is 23.7. The summed E-state index contributed by atoms with van der Waals surface area (Å²) >= 11 is 6.53. The SMILES string of the molecule is CCCCC(OC(=O)c1cc(Br)c(Br)cc1C(=O)O)C(C)C. The third-order valence-electron chi connectivity index (χ3n) is 3.35. The molecular weight excluding hydrogens is 416 g/mol. The predicted octanol–water partition coefficient (Wildman–Crippen LogP) is 5.28. The van der Waals surface area contributed by atoms with Crippen LogP contribution in [-0.4, -0.2) is 23.1 Å². The van der Waals surface area contributed by atoms with E-state index in [0.29, 0.717) is 8.95 Å². The van der Waals surface area contributed by atoms with E-state index < -0.39 is 11.9 Å². The van der Waals surface area contributed by atoms with Crippen LogP contribution in [0.3, 0.4) is 0 Å². The minimum absolute atomic E-state index is 0.0599. The molecule has 0 fully saturated rings. The topological polar surface area (TPSA) is 63.6 Å². The quantitative estimate of drug-likeness (QED) is 0.591. The number of benzene rings is 1. The van der Waals surface area contributed by atoms with Crippen molar-refractivity contribution < 1.29 is 19.4 Å². The number of carboxylic acid groups (broad SMARTS) is 1. The fourth-order valence-corrected chi connectivity index (χ4v) is 2.71. The highest BCUT2D eigenvalue weighted by atomic mass is 79.9. The van der Waals surface area contributed by atoms with Gasteiger partial charge in [0.25, 0.3) is 0 Å². The van der Waals surface area contributed by atoms with E-state index in [9.17, 15) is 14.7 Å². The second-order valence-corrected chi connectivity index (χ2v) is 7.16. The van der Waals surface area contributed by atoms with Gasteiger partial charge < -0.3 is 9.84 Å². The first kappa shape index (κ1) is 19.2. The molecule has 0 amide bonds. The minimum atomic E-state index is -1.16. The second kappa shape index (κ2) is 8.67. The molecule has 1 rings (SSSR count). The summed E-state index contributed by atoms with van der Waals surface area (Å²) in [7, 11) is 0. The van der Waals surface area contributed by atoms with Crippen molar-refractivity contribution >= 4 is 43.8 Å². The Labute approximate surface area is 147 Å². The molecule has 0 bridgehead atoms. The van der Waals surface area contributed by atoms with Crippen LogP contribution in [-0.2, 0) is 4.74 Å². The zero-order chi connectivity index (χ0) is 16.9. The van der Waals surface area contributed by atoms with Crippen LogP contribution in [0.4, 0.5) is 0 Å². The summed E-state index contributed by atoms with van der Waals surface area (Å²) in [6.07, 6.45) is 2.55. The number of aromatic carboxylic acids is 1. The number of carboxylic acids is 1. The second-order valence-electron chi connectivity index (χ2n) is 5.45. The van der Waals surface area contributed by atoms with E-state index in [4.69, 9.17) is 4.74 Å². The van der Waals surface area contributed by atoms with Crippen LogP contribution in [0.5, 0.6) is 0 Å². The van der Waals surface area contributed by atoms with E-state index in [2.05, 4.69) is 38.8 Å². The normalized spacial score (nSPS) is 12.3. The van der Waals surface area contributed by atoms with Gasteiger partial charge in [0.05, 0.1) is 11.1 Å². The fraction of sp³-hybridized carbons (Fsp3) is 0.500. The van der Waals surface area contributed by atoms with Crippen LogP contribution >= 0.6 is 31.9 Å². The summed E-state index contributed by atoms with van der Waals surface area (Å²) < 4.78 is 6.73.